The van der Waals surface area contributed by atoms with Crippen molar-refractivity contribution in [1.82, 2.24) is 10.6 Å². The summed E-state index contributed by atoms with van der Waals surface area (Å²) in [6, 6.07) is 14.9. The van der Waals surface area contributed by atoms with Crippen LogP contribution in [0, 0.1) is 5.41 Å². The fourth-order valence-corrected chi connectivity index (χ4v) is 2.61. The lowest BCUT2D eigenvalue weighted by Gasteiger charge is -2.11. The van der Waals surface area contributed by atoms with Gasteiger partial charge in [0.15, 0.2) is 5.96 Å². The van der Waals surface area contributed by atoms with Crippen molar-refractivity contribution in [1.29, 1.82) is 5.41 Å². The average molecular weight is 381 g/mol. The van der Waals surface area contributed by atoms with E-state index in [0.717, 1.165) is 17.5 Å². The zero-order valence-corrected chi connectivity index (χ0v) is 15.7. The molecular formula is C20H27N7O. The fourth-order valence-electron chi connectivity index (χ4n) is 2.61. The highest BCUT2D eigenvalue weighted by Crippen LogP contribution is 2.14. The molecule has 0 saturated heterocycles. The second-order valence-corrected chi connectivity index (χ2v) is 6.27. The number of anilines is 2. The van der Waals surface area contributed by atoms with Gasteiger partial charge in [-0.15, -0.1) is 0 Å². The number of carbonyl (C=O) groups is 1. The Labute approximate surface area is 164 Å². The first kappa shape index (κ1) is 20.6. The lowest BCUT2D eigenvalue weighted by molar-refractivity contribution is 0.262. The van der Waals surface area contributed by atoms with Crippen molar-refractivity contribution in [2.24, 2.45) is 11.5 Å². The molecule has 0 saturated carbocycles. The zero-order chi connectivity index (χ0) is 20.4. The van der Waals surface area contributed by atoms with Crippen LogP contribution < -0.4 is 32.7 Å². The van der Waals surface area contributed by atoms with Crippen molar-refractivity contribution in [3.63, 3.8) is 0 Å². The number of rotatable bonds is 9. The summed E-state index contributed by atoms with van der Waals surface area (Å²) in [6.07, 6.45) is 1.46. The minimum absolute atomic E-state index is 0.0559. The van der Waals surface area contributed by atoms with E-state index in [1.165, 1.54) is 0 Å². The van der Waals surface area contributed by atoms with Crippen LogP contribution in [0.25, 0.3) is 0 Å². The molecule has 0 aliphatic heterocycles. The van der Waals surface area contributed by atoms with Gasteiger partial charge in [-0.2, -0.15) is 0 Å². The van der Waals surface area contributed by atoms with Crippen LogP contribution in [0.4, 0.5) is 16.2 Å². The van der Waals surface area contributed by atoms with Crippen molar-refractivity contribution in [3.8, 4) is 0 Å². The molecule has 0 unspecified atom stereocenters. The maximum atomic E-state index is 12.3. The molecule has 0 spiro atoms. The Morgan fingerprint density at radius 1 is 0.893 bits per heavy atom. The molecule has 28 heavy (non-hydrogen) atoms. The summed E-state index contributed by atoms with van der Waals surface area (Å²) in [5, 5.41) is 18.6. The molecule has 9 N–H and O–H groups in total. The zero-order valence-electron chi connectivity index (χ0n) is 15.7. The highest BCUT2D eigenvalue weighted by molar-refractivity contribution is 5.99. The number of carbonyl (C=O) groups excluding carboxylic acids is 1. The van der Waals surface area contributed by atoms with Gasteiger partial charge in [0, 0.05) is 24.5 Å². The van der Waals surface area contributed by atoms with Gasteiger partial charge >= 0.3 is 6.03 Å². The van der Waals surface area contributed by atoms with E-state index < -0.39 is 0 Å². The van der Waals surface area contributed by atoms with Crippen LogP contribution in [0.3, 0.4) is 0 Å². The Balaban J connectivity index is 1.88. The molecule has 2 amide bonds. The summed E-state index contributed by atoms with van der Waals surface area (Å²) in [6.45, 7) is 4.83. The molecule has 2 rings (SSSR count). The van der Waals surface area contributed by atoms with E-state index in [1.807, 2.05) is 48.5 Å². The van der Waals surface area contributed by atoms with Crippen LogP contribution in [0.15, 0.2) is 60.9 Å². The van der Waals surface area contributed by atoms with Crippen LogP contribution in [0.2, 0.25) is 0 Å². The normalized spacial score (nSPS) is 10.0. The quantitative estimate of drug-likeness (QED) is 0.262. The van der Waals surface area contributed by atoms with Gasteiger partial charge in [-0.25, -0.2) is 4.79 Å². The monoisotopic (exact) mass is 381 g/mol. The molecule has 0 heterocycles. The maximum Gasteiger partial charge on any atom is 0.323 e. The third kappa shape index (κ3) is 7.69. The summed E-state index contributed by atoms with van der Waals surface area (Å²) < 4.78 is 0. The summed E-state index contributed by atoms with van der Waals surface area (Å²) in [5.41, 5.74) is 14.3. The summed E-state index contributed by atoms with van der Waals surface area (Å²) in [4.78, 5) is 12.3. The SMILES string of the molecule is C=C(N)NCCc1cccc(NC(=O)Nc2cccc(CCNC(=N)N)c2)c1. The third-order valence-electron chi connectivity index (χ3n) is 3.86. The lowest BCUT2D eigenvalue weighted by atomic mass is 10.1. The van der Waals surface area contributed by atoms with Crippen molar-refractivity contribution < 1.29 is 4.79 Å². The predicted molar refractivity (Wildman–Crippen MR) is 114 cm³/mol. The minimum Gasteiger partial charge on any atom is -0.386 e. The minimum atomic E-state index is -0.315. The highest BCUT2D eigenvalue weighted by Gasteiger charge is 2.05. The number of hydrogen-bond acceptors (Lipinski definition) is 4. The highest BCUT2D eigenvalue weighted by atomic mass is 16.2. The summed E-state index contributed by atoms with van der Waals surface area (Å²) >= 11 is 0. The van der Waals surface area contributed by atoms with E-state index in [-0.39, 0.29) is 12.0 Å². The fraction of sp³-hybridized carbons (Fsp3) is 0.200. The van der Waals surface area contributed by atoms with E-state index in [4.69, 9.17) is 16.9 Å². The molecule has 0 atom stereocenters. The van der Waals surface area contributed by atoms with Crippen molar-refractivity contribution in [2.75, 3.05) is 23.7 Å². The Morgan fingerprint density at radius 2 is 1.39 bits per heavy atom. The number of nitrogens with two attached hydrogens (primary N) is 2. The molecule has 0 aromatic heterocycles. The Bertz CT molecular complexity index is 767. The second kappa shape index (κ2) is 10.5. The Kier molecular flexibility index (Phi) is 7.71. The van der Waals surface area contributed by atoms with Crippen molar-refractivity contribution in [2.45, 2.75) is 12.8 Å². The van der Waals surface area contributed by atoms with Gasteiger partial charge in [0.05, 0.1) is 5.82 Å². The second-order valence-electron chi connectivity index (χ2n) is 6.27. The van der Waals surface area contributed by atoms with Gasteiger partial charge < -0.3 is 32.7 Å². The smallest absolute Gasteiger partial charge is 0.323 e. The lowest BCUT2D eigenvalue weighted by Crippen LogP contribution is -2.31. The number of guanidine groups is 1. The number of nitrogens with one attached hydrogen (secondary N) is 5. The number of benzene rings is 2. The number of amides is 2. The van der Waals surface area contributed by atoms with E-state index in [0.29, 0.717) is 36.7 Å². The molecule has 0 bridgehead atoms. The van der Waals surface area contributed by atoms with Gasteiger partial charge in [0.1, 0.15) is 0 Å². The first-order valence-corrected chi connectivity index (χ1v) is 8.94. The van der Waals surface area contributed by atoms with Crippen LogP contribution in [-0.4, -0.2) is 25.1 Å². The van der Waals surface area contributed by atoms with Gasteiger partial charge in [-0.3, -0.25) is 5.41 Å². The first-order chi connectivity index (χ1) is 13.4. The molecule has 0 aliphatic rings. The van der Waals surface area contributed by atoms with Crippen LogP contribution in [0.1, 0.15) is 11.1 Å². The molecule has 0 aliphatic carbocycles. The molecule has 0 radical (unpaired) electrons. The van der Waals surface area contributed by atoms with E-state index in [2.05, 4.69) is 27.8 Å². The molecule has 8 nitrogen and oxygen atoms in total. The maximum absolute atomic E-state index is 12.3. The standard InChI is InChI=1S/C20H27N7O/c1-14(21)24-10-8-15-4-2-6-17(12-15)26-20(28)27-18-7-3-5-16(13-18)9-11-25-19(22)23/h2-7,12-13,24H,1,8-11,21H2,(H4,22,23,25)(H2,26,27,28). The third-order valence-corrected chi connectivity index (χ3v) is 3.86. The molecule has 8 heteroatoms. The Hall–Kier alpha value is -3.68. The van der Waals surface area contributed by atoms with Crippen molar-refractivity contribution >= 4 is 23.4 Å². The van der Waals surface area contributed by atoms with Crippen LogP contribution in [0.5, 0.6) is 0 Å². The van der Waals surface area contributed by atoms with Gasteiger partial charge in [-0.1, -0.05) is 30.8 Å². The number of hydrogen-bond donors (Lipinski definition) is 7. The van der Waals surface area contributed by atoms with Crippen LogP contribution in [-0.2, 0) is 12.8 Å². The first-order valence-electron chi connectivity index (χ1n) is 8.94. The van der Waals surface area contributed by atoms with Crippen LogP contribution >= 0.6 is 0 Å². The predicted octanol–water partition coefficient (Wildman–Crippen LogP) is 1.92. The van der Waals surface area contributed by atoms with E-state index in [1.54, 1.807) is 0 Å². The van der Waals surface area contributed by atoms with Gasteiger partial charge in [0.2, 0.25) is 0 Å². The topological polar surface area (TPSA) is 141 Å². The molecule has 2 aromatic rings. The van der Waals surface area contributed by atoms with E-state index in [9.17, 15) is 4.79 Å². The largest absolute Gasteiger partial charge is 0.386 e. The molecule has 2 aromatic carbocycles. The summed E-state index contributed by atoms with van der Waals surface area (Å²) in [7, 11) is 0. The Morgan fingerprint density at radius 3 is 1.86 bits per heavy atom. The van der Waals surface area contributed by atoms with Crippen molar-refractivity contribution in [3.05, 3.63) is 72.1 Å². The average Bonchev–Trinajstić information content (AvgIpc) is 2.61. The molecule has 148 valence electrons. The van der Waals surface area contributed by atoms with Gasteiger partial charge in [0.25, 0.3) is 0 Å². The van der Waals surface area contributed by atoms with E-state index >= 15 is 0 Å². The van der Waals surface area contributed by atoms with Gasteiger partial charge in [-0.05, 0) is 48.2 Å². The number of urea groups is 1. The molecular weight excluding hydrogens is 354 g/mol. The molecule has 0 fully saturated rings. The summed E-state index contributed by atoms with van der Waals surface area (Å²) in [5.74, 6) is 0.382.